The fraction of sp³-hybridized carbons (Fsp3) is 0.700. The predicted molar refractivity (Wildman–Crippen MR) is 51.9 cm³/mol. The second-order valence-corrected chi connectivity index (χ2v) is 3.50. The molecule has 0 rings (SSSR count). The standard InChI is InChI=1S/C10H19NO/c1-8(2)11(5)10(4)9(3)6-7-12/h7-9H,4,6H2,1-3,5H3. The minimum atomic E-state index is 0.259. The van der Waals surface area contributed by atoms with Gasteiger partial charge in [-0.1, -0.05) is 13.5 Å². The van der Waals surface area contributed by atoms with Crippen LogP contribution in [0.25, 0.3) is 0 Å². The van der Waals surface area contributed by atoms with Gasteiger partial charge in [-0.15, -0.1) is 0 Å². The highest BCUT2D eigenvalue weighted by atomic mass is 16.1. The Balaban J connectivity index is 4.08. The van der Waals surface area contributed by atoms with Crippen LogP contribution in [0.15, 0.2) is 12.3 Å². The van der Waals surface area contributed by atoms with Crippen molar-refractivity contribution in [2.24, 2.45) is 5.92 Å². The molecule has 0 aliphatic heterocycles. The molecule has 0 aromatic carbocycles. The van der Waals surface area contributed by atoms with Gasteiger partial charge >= 0.3 is 0 Å². The van der Waals surface area contributed by atoms with Crippen LogP contribution < -0.4 is 0 Å². The van der Waals surface area contributed by atoms with E-state index in [4.69, 9.17) is 0 Å². The zero-order valence-corrected chi connectivity index (χ0v) is 8.50. The summed E-state index contributed by atoms with van der Waals surface area (Å²) < 4.78 is 0. The fourth-order valence-corrected chi connectivity index (χ4v) is 0.960. The molecule has 2 nitrogen and oxygen atoms in total. The quantitative estimate of drug-likeness (QED) is 0.587. The molecule has 1 unspecified atom stereocenters. The van der Waals surface area contributed by atoms with E-state index < -0.39 is 0 Å². The van der Waals surface area contributed by atoms with Gasteiger partial charge in [0.05, 0.1) is 0 Å². The van der Waals surface area contributed by atoms with E-state index in [9.17, 15) is 4.79 Å². The topological polar surface area (TPSA) is 20.3 Å². The summed E-state index contributed by atoms with van der Waals surface area (Å²) in [5.41, 5.74) is 1.04. The van der Waals surface area contributed by atoms with Crippen LogP contribution in [0.3, 0.4) is 0 Å². The Hall–Kier alpha value is -0.790. The molecule has 0 aliphatic carbocycles. The molecule has 1 atom stereocenters. The average molecular weight is 169 g/mol. The van der Waals surface area contributed by atoms with E-state index in [-0.39, 0.29) is 5.92 Å². The third kappa shape index (κ3) is 3.07. The maximum atomic E-state index is 10.3. The van der Waals surface area contributed by atoms with Gasteiger partial charge in [-0.25, -0.2) is 0 Å². The van der Waals surface area contributed by atoms with Crippen LogP contribution in [0, 0.1) is 5.92 Å². The van der Waals surface area contributed by atoms with E-state index in [0.29, 0.717) is 12.5 Å². The number of rotatable bonds is 5. The summed E-state index contributed by atoms with van der Waals surface area (Å²) in [6.45, 7) is 10.2. The van der Waals surface area contributed by atoms with Gasteiger partial charge in [0.1, 0.15) is 6.29 Å². The molecule has 0 radical (unpaired) electrons. The largest absolute Gasteiger partial charge is 0.376 e. The van der Waals surface area contributed by atoms with Crippen molar-refractivity contribution in [1.29, 1.82) is 0 Å². The molecular formula is C10H19NO. The number of hydrogen-bond donors (Lipinski definition) is 0. The molecule has 0 spiro atoms. The van der Waals surface area contributed by atoms with E-state index in [1.165, 1.54) is 0 Å². The number of allylic oxidation sites excluding steroid dienone is 1. The molecule has 0 aromatic heterocycles. The van der Waals surface area contributed by atoms with E-state index in [1.54, 1.807) is 0 Å². The molecule has 12 heavy (non-hydrogen) atoms. The number of hydrogen-bond acceptors (Lipinski definition) is 2. The number of carbonyl (C=O) groups excluding carboxylic acids is 1. The normalized spacial score (nSPS) is 12.8. The van der Waals surface area contributed by atoms with Crippen LogP contribution in [0.5, 0.6) is 0 Å². The molecule has 0 saturated heterocycles. The van der Waals surface area contributed by atoms with Crippen molar-refractivity contribution in [1.82, 2.24) is 4.90 Å². The molecule has 0 aliphatic rings. The lowest BCUT2D eigenvalue weighted by atomic mass is 10.0. The van der Waals surface area contributed by atoms with Crippen LogP contribution in [-0.4, -0.2) is 24.3 Å². The van der Waals surface area contributed by atoms with Gasteiger partial charge in [-0.05, 0) is 13.8 Å². The molecule has 0 aromatic rings. The smallest absolute Gasteiger partial charge is 0.120 e. The molecule has 2 heteroatoms. The lowest BCUT2D eigenvalue weighted by Gasteiger charge is -2.29. The van der Waals surface area contributed by atoms with E-state index in [2.05, 4.69) is 25.3 Å². The molecule has 0 bridgehead atoms. The van der Waals surface area contributed by atoms with Crippen molar-refractivity contribution in [3.05, 3.63) is 12.3 Å². The Morgan fingerprint density at radius 1 is 1.50 bits per heavy atom. The van der Waals surface area contributed by atoms with Crippen molar-refractivity contribution in [2.75, 3.05) is 7.05 Å². The maximum absolute atomic E-state index is 10.3. The molecule has 0 fully saturated rings. The Morgan fingerprint density at radius 3 is 2.33 bits per heavy atom. The van der Waals surface area contributed by atoms with Gasteiger partial charge in [-0.2, -0.15) is 0 Å². The minimum absolute atomic E-state index is 0.259. The van der Waals surface area contributed by atoms with Crippen LogP contribution in [0.4, 0.5) is 0 Å². The summed E-state index contributed by atoms with van der Waals surface area (Å²) in [6.07, 6.45) is 1.51. The molecule has 0 saturated carbocycles. The van der Waals surface area contributed by atoms with Crippen molar-refractivity contribution >= 4 is 6.29 Å². The minimum Gasteiger partial charge on any atom is -0.376 e. The predicted octanol–water partition coefficient (Wildman–Crippen LogP) is 2.07. The zero-order valence-electron chi connectivity index (χ0n) is 8.50. The third-order valence-corrected chi connectivity index (χ3v) is 2.25. The first kappa shape index (κ1) is 11.2. The summed E-state index contributed by atoms with van der Waals surface area (Å²) in [5, 5.41) is 0. The summed E-state index contributed by atoms with van der Waals surface area (Å²) in [5.74, 6) is 0.259. The van der Waals surface area contributed by atoms with E-state index >= 15 is 0 Å². The summed E-state index contributed by atoms with van der Waals surface area (Å²) in [6, 6.07) is 0.451. The van der Waals surface area contributed by atoms with Crippen molar-refractivity contribution < 1.29 is 4.79 Å². The second kappa shape index (κ2) is 4.96. The molecule has 0 heterocycles. The fourth-order valence-electron chi connectivity index (χ4n) is 0.960. The highest BCUT2D eigenvalue weighted by molar-refractivity contribution is 5.50. The van der Waals surface area contributed by atoms with Gasteiger partial charge in [0.25, 0.3) is 0 Å². The van der Waals surface area contributed by atoms with Gasteiger partial charge in [0.15, 0.2) is 0 Å². The van der Waals surface area contributed by atoms with Crippen LogP contribution in [-0.2, 0) is 4.79 Å². The van der Waals surface area contributed by atoms with E-state index in [0.717, 1.165) is 12.0 Å². The Labute approximate surface area is 75.3 Å². The van der Waals surface area contributed by atoms with Crippen LogP contribution in [0.1, 0.15) is 27.2 Å². The maximum Gasteiger partial charge on any atom is 0.120 e. The first-order valence-electron chi connectivity index (χ1n) is 4.36. The number of carbonyl (C=O) groups is 1. The zero-order chi connectivity index (χ0) is 9.72. The van der Waals surface area contributed by atoms with Crippen molar-refractivity contribution in [3.63, 3.8) is 0 Å². The van der Waals surface area contributed by atoms with Gasteiger partial charge in [-0.3, -0.25) is 0 Å². The summed E-state index contributed by atoms with van der Waals surface area (Å²) in [4.78, 5) is 12.4. The Kier molecular flexibility index (Phi) is 4.64. The Morgan fingerprint density at radius 2 is 2.00 bits per heavy atom. The lowest BCUT2D eigenvalue weighted by Crippen LogP contribution is -2.28. The highest BCUT2D eigenvalue weighted by Crippen LogP contribution is 2.16. The first-order chi connectivity index (χ1) is 5.50. The van der Waals surface area contributed by atoms with Crippen molar-refractivity contribution in [2.45, 2.75) is 33.2 Å². The van der Waals surface area contributed by atoms with Crippen LogP contribution in [0.2, 0.25) is 0 Å². The van der Waals surface area contributed by atoms with Gasteiger partial charge < -0.3 is 9.69 Å². The average Bonchev–Trinajstić information content (AvgIpc) is 2.02. The number of aldehydes is 1. The first-order valence-corrected chi connectivity index (χ1v) is 4.36. The second-order valence-electron chi connectivity index (χ2n) is 3.50. The number of nitrogens with zero attached hydrogens (tertiary/aromatic N) is 1. The van der Waals surface area contributed by atoms with E-state index in [1.807, 2.05) is 14.0 Å². The summed E-state index contributed by atoms with van der Waals surface area (Å²) in [7, 11) is 2.01. The highest BCUT2D eigenvalue weighted by Gasteiger charge is 2.12. The molecule has 0 N–H and O–H groups in total. The van der Waals surface area contributed by atoms with Gasteiger partial charge in [0, 0.05) is 31.1 Å². The Bertz CT molecular complexity index is 163. The van der Waals surface area contributed by atoms with Gasteiger partial charge in [0.2, 0.25) is 0 Å². The molecular weight excluding hydrogens is 150 g/mol. The lowest BCUT2D eigenvalue weighted by molar-refractivity contribution is -0.108. The van der Waals surface area contributed by atoms with Crippen molar-refractivity contribution in [3.8, 4) is 0 Å². The third-order valence-electron chi connectivity index (χ3n) is 2.25. The molecule has 70 valence electrons. The van der Waals surface area contributed by atoms with Crippen LogP contribution >= 0.6 is 0 Å². The summed E-state index contributed by atoms with van der Waals surface area (Å²) >= 11 is 0. The molecule has 0 amide bonds. The SMILES string of the molecule is C=C(C(C)CC=O)N(C)C(C)C. The monoisotopic (exact) mass is 169 g/mol.